The van der Waals surface area contributed by atoms with Gasteiger partial charge in [0.1, 0.15) is 0 Å². The Kier molecular flexibility index (Phi) is 6.33. The lowest BCUT2D eigenvalue weighted by atomic mass is 9.44. The molecule has 1 saturated carbocycles. The van der Waals surface area contributed by atoms with Crippen LogP contribution in [0.25, 0.3) is 0 Å². The van der Waals surface area contributed by atoms with Crippen molar-refractivity contribution in [3.63, 3.8) is 0 Å². The molecular weight excluding hydrogens is 512 g/mol. The van der Waals surface area contributed by atoms with E-state index < -0.39 is 5.41 Å². The molecular formula is C39H40N2O. The van der Waals surface area contributed by atoms with Crippen LogP contribution < -0.4 is 10.2 Å². The van der Waals surface area contributed by atoms with Gasteiger partial charge in [-0.15, -0.1) is 0 Å². The summed E-state index contributed by atoms with van der Waals surface area (Å²) in [5.74, 6) is 0.431. The van der Waals surface area contributed by atoms with Gasteiger partial charge in [0.2, 0.25) is 0 Å². The third kappa shape index (κ3) is 3.65. The molecule has 1 N–H and O–H groups in total. The van der Waals surface area contributed by atoms with E-state index in [9.17, 15) is 4.79 Å². The number of hydrogen-bond acceptors (Lipinski definition) is 3. The second-order valence-corrected chi connectivity index (χ2v) is 13.1. The molecule has 0 bridgehead atoms. The zero-order chi connectivity index (χ0) is 28.1. The fourth-order valence-electron chi connectivity index (χ4n) is 9.54. The molecule has 212 valence electrons. The molecule has 2 spiro atoms. The van der Waals surface area contributed by atoms with Gasteiger partial charge < -0.3 is 10.2 Å². The van der Waals surface area contributed by atoms with E-state index >= 15 is 0 Å². The SMILES string of the molecule is O=C1c2ccccc2C2(c3ccccc3N(c3ccccc3)c3ccccc32)C2C1NCCC21CCCCCCCC1. The highest BCUT2D eigenvalue weighted by Gasteiger charge is 2.64. The Morgan fingerprint density at radius 3 is 1.81 bits per heavy atom. The average Bonchev–Trinajstić information content (AvgIpc) is 3.16. The molecule has 4 aromatic rings. The zero-order valence-electron chi connectivity index (χ0n) is 24.4. The average molecular weight is 553 g/mol. The highest BCUT2D eigenvalue weighted by molar-refractivity contribution is 6.05. The first-order valence-electron chi connectivity index (χ1n) is 16.2. The van der Waals surface area contributed by atoms with Crippen LogP contribution >= 0.6 is 0 Å². The van der Waals surface area contributed by atoms with Gasteiger partial charge in [0, 0.05) is 17.2 Å². The number of carbonyl (C=O) groups excluding carboxylic acids is 1. The Labute approximate surface area is 250 Å². The van der Waals surface area contributed by atoms with Crippen LogP contribution in [0.3, 0.4) is 0 Å². The lowest BCUT2D eigenvalue weighted by Crippen LogP contribution is -2.66. The quantitative estimate of drug-likeness (QED) is 0.256. The van der Waals surface area contributed by atoms with E-state index in [0.717, 1.165) is 18.5 Å². The number of para-hydroxylation sites is 3. The van der Waals surface area contributed by atoms with Crippen LogP contribution in [0.1, 0.15) is 84.8 Å². The highest BCUT2D eigenvalue weighted by Crippen LogP contribution is 2.66. The lowest BCUT2D eigenvalue weighted by Gasteiger charge is -2.62. The summed E-state index contributed by atoms with van der Waals surface area (Å²) in [4.78, 5) is 17.0. The topological polar surface area (TPSA) is 32.3 Å². The van der Waals surface area contributed by atoms with E-state index in [1.54, 1.807) is 0 Å². The van der Waals surface area contributed by atoms with Gasteiger partial charge in [0.25, 0.3) is 0 Å². The van der Waals surface area contributed by atoms with E-state index in [1.165, 1.54) is 85.1 Å². The Hall–Kier alpha value is -3.69. The molecule has 3 heteroatoms. The van der Waals surface area contributed by atoms with Gasteiger partial charge in [-0.25, -0.2) is 0 Å². The summed E-state index contributed by atoms with van der Waals surface area (Å²) < 4.78 is 0. The van der Waals surface area contributed by atoms with Crippen molar-refractivity contribution in [2.75, 3.05) is 11.4 Å². The van der Waals surface area contributed by atoms with Crippen LogP contribution in [0.15, 0.2) is 103 Å². The van der Waals surface area contributed by atoms with E-state index in [2.05, 4.69) is 113 Å². The van der Waals surface area contributed by atoms with Crippen molar-refractivity contribution in [2.45, 2.75) is 69.2 Å². The first kappa shape index (κ1) is 26.0. The summed E-state index contributed by atoms with van der Waals surface area (Å²) >= 11 is 0. The molecule has 4 aliphatic rings. The first-order valence-corrected chi connectivity index (χ1v) is 16.2. The molecule has 2 unspecified atom stereocenters. The van der Waals surface area contributed by atoms with Gasteiger partial charge in [-0.05, 0) is 72.2 Å². The summed E-state index contributed by atoms with van der Waals surface area (Å²) in [5, 5.41) is 3.85. The van der Waals surface area contributed by atoms with Crippen molar-refractivity contribution in [3.8, 4) is 0 Å². The number of rotatable bonds is 1. The molecule has 2 aliphatic heterocycles. The number of piperidine rings is 1. The van der Waals surface area contributed by atoms with Crippen LogP contribution in [0.5, 0.6) is 0 Å². The number of hydrogen-bond donors (Lipinski definition) is 1. The molecule has 4 aromatic carbocycles. The third-order valence-electron chi connectivity index (χ3n) is 11.1. The van der Waals surface area contributed by atoms with Gasteiger partial charge in [-0.3, -0.25) is 4.79 Å². The molecule has 42 heavy (non-hydrogen) atoms. The Bertz CT molecular complexity index is 1570. The number of nitrogens with one attached hydrogen (secondary N) is 1. The molecule has 8 rings (SSSR count). The highest BCUT2D eigenvalue weighted by atomic mass is 16.1. The summed E-state index contributed by atoms with van der Waals surface area (Å²) in [6.45, 7) is 0.921. The standard InChI is InChI=1S/C39H40N2O/c42-36-29-18-8-9-19-30(29)39(37-35(36)40-27-26-38(37)24-14-3-1-2-4-15-25-38)31-20-10-12-22-33(31)41(28-16-6-5-7-17-28)34-23-13-11-21-32(34)39/h5-13,16-23,35,37,40H,1-4,14-15,24-27H2. The van der Waals surface area contributed by atoms with Crippen molar-refractivity contribution < 1.29 is 4.79 Å². The van der Waals surface area contributed by atoms with E-state index in [4.69, 9.17) is 0 Å². The summed E-state index contributed by atoms with van der Waals surface area (Å²) in [5.41, 5.74) is 8.06. The Morgan fingerprint density at radius 1 is 0.595 bits per heavy atom. The van der Waals surface area contributed by atoms with Gasteiger partial charge in [0.15, 0.2) is 5.78 Å². The molecule has 2 heterocycles. The summed E-state index contributed by atoms with van der Waals surface area (Å²) in [6.07, 6.45) is 11.4. The number of benzene rings is 4. The molecule has 3 nitrogen and oxygen atoms in total. The van der Waals surface area contributed by atoms with Crippen LogP contribution in [-0.4, -0.2) is 18.4 Å². The van der Waals surface area contributed by atoms with Crippen molar-refractivity contribution in [2.24, 2.45) is 11.3 Å². The van der Waals surface area contributed by atoms with Gasteiger partial charge in [-0.1, -0.05) is 117 Å². The Morgan fingerprint density at radius 2 is 1.14 bits per heavy atom. The fraction of sp³-hybridized carbons (Fsp3) is 0.359. The lowest BCUT2D eigenvalue weighted by molar-refractivity contribution is 0.00771. The minimum atomic E-state index is -0.435. The third-order valence-corrected chi connectivity index (χ3v) is 11.1. The second-order valence-electron chi connectivity index (χ2n) is 13.1. The Balaban J connectivity index is 1.49. The number of carbonyl (C=O) groups is 1. The van der Waals surface area contributed by atoms with Crippen LogP contribution in [-0.2, 0) is 5.41 Å². The molecule has 0 aromatic heterocycles. The van der Waals surface area contributed by atoms with Crippen LogP contribution in [0, 0.1) is 11.3 Å². The second kappa shape index (κ2) is 10.2. The maximum absolute atomic E-state index is 14.6. The molecule has 2 aliphatic carbocycles. The largest absolute Gasteiger partial charge is 0.310 e. The normalized spacial score (nSPS) is 24.0. The maximum atomic E-state index is 14.6. The number of fused-ring (bicyclic) bond motifs is 9. The fourth-order valence-corrected chi connectivity index (χ4v) is 9.54. The zero-order valence-corrected chi connectivity index (χ0v) is 24.4. The smallest absolute Gasteiger partial charge is 0.180 e. The van der Waals surface area contributed by atoms with Crippen LogP contribution in [0.2, 0.25) is 0 Å². The van der Waals surface area contributed by atoms with Gasteiger partial charge >= 0.3 is 0 Å². The van der Waals surface area contributed by atoms with Crippen molar-refractivity contribution >= 4 is 22.8 Å². The maximum Gasteiger partial charge on any atom is 0.180 e. The van der Waals surface area contributed by atoms with Crippen molar-refractivity contribution in [3.05, 3.63) is 125 Å². The molecule has 0 amide bonds. The summed E-state index contributed by atoms with van der Waals surface area (Å²) in [7, 11) is 0. The number of nitrogens with zero attached hydrogens (tertiary/aromatic N) is 1. The van der Waals surface area contributed by atoms with Crippen molar-refractivity contribution in [1.82, 2.24) is 5.32 Å². The number of anilines is 3. The monoisotopic (exact) mass is 552 g/mol. The summed E-state index contributed by atoms with van der Waals surface area (Å²) in [6, 6.07) is 37.4. The molecule has 1 saturated heterocycles. The van der Waals surface area contributed by atoms with E-state index in [0.29, 0.717) is 5.78 Å². The van der Waals surface area contributed by atoms with Crippen LogP contribution in [0.4, 0.5) is 17.1 Å². The molecule has 2 atom stereocenters. The van der Waals surface area contributed by atoms with Crippen molar-refractivity contribution in [1.29, 1.82) is 0 Å². The minimum absolute atomic E-state index is 0.0958. The first-order chi connectivity index (χ1) is 20.8. The van der Waals surface area contributed by atoms with E-state index in [1.807, 2.05) is 0 Å². The predicted molar refractivity (Wildman–Crippen MR) is 171 cm³/mol. The van der Waals surface area contributed by atoms with Gasteiger partial charge in [0.05, 0.1) is 22.8 Å². The van der Waals surface area contributed by atoms with Gasteiger partial charge in [-0.2, -0.15) is 0 Å². The number of ketones is 1. The molecule has 0 radical (unpaired) electrons. The minimum Gasteiger partial charge on any atom is -0.310 e. The molecule has 2 fully saturated rings. The van der Waals surface area contributed by atoms with E-state index in [-0.39, 0.29) is 17.4 Å². The number of Topliss-reactive ketones (excluding diaryl/α,β-unsaturated/α-hetero) is 1. The predicted octanol–water partition coefficient (Wildman–Crippen LogP) is 9.10.